The van der Waals surface area contributed by atoms with Crippen molar-refractivity contribution >= 4 is 17.6 Å². The minimum atomic E-state index is 0.257. The molecule has 0 spiro atoms. The molecule has 0 saturated carbocycles. The molecule has 3 aromatic heterocycles. The van der Waals surface area contributed by atoms with Gasteiger partial charge in [-0.2, -0.15) is 0 Å². The van der Waals surface area contributed by atoms with Crippen LogP contribution in [-0.4, -0.2) is 43.0 Å². The second kappa shape index (κ2) is 7.22. The molecule has 4 rings (SSSR count). The largest absolute Gasteiger partial charge is 0.355 e. The van der Waals surface area contributed by atoms with Crippen LogP contribution in [0, 0.1) is 20.8 Å². The summed E-state index contributed by atoms with van der Waals surface area (Å²) in [6.45, 7) is 7.64. The lowest BCUT2D eigenvalue weighted by atomic mass is 10.1. The van der Waals surface area contributed by atoms with Crippen LogP contribution in [0.25, 0.3) is 0 Å². The molecule has 0 amide bonds. The molecule has 4 heterocycles. The van der Waals surface area contributed by atoms with E-state index >= 15 is 0 Å². The maximum atomic E-state index is 4.73. The van der Waals surface area contributed by atoms with Gasteiger partial charge in [0.25, 0.3) is 0 Å². The van der Waals surface area contributed by atoms with Gasteiger partial charge < -0.3 is 10.2 Å². The maximum absolute atomic E-state index is 4.73. The third kappa shape index (κ3) is 3.99. The standard InChI is InChI=1S/C19H22N8/c1-12-8-13(2)24-19(23-12)26-16-9-14(3)22-18(25-16)15-4-7-27(11-15)17-10-20-5-6-21-17/h5-6,8-10,15H,4,7,11H2,1-3H3,(H,22,23,24,25,26)/t15-/m1/s1. The van der Waals surface area contributed by atoms with Crippen LogP contribution in [0.3, 0.4) is 0 Å². The number of anilines is 3. The van der Waals surface area contributed by atoms with Crippen LogP contribution in [0.15, 0.2) is 30.7 Å². The molecule has 0 bridgehead atoms. The molecule has 1 aliphatic rings. The topological polar surface area (TPSA) is 92.6 Å². The van der Waals surface area contributed by atoms with Gasteiger partial charge >= 0.3 is 0 Å². The average Bonchev–Trinajstić information content (AvgIpc) is 3.11. The first kappa shape index (κ1) is 17.3. The van der Waals surface area contributed by atoms with Crippen LogP contribution in [0.2, 0.25) is 0 Å². The van der Waals surface area contributed by atoms with E-state index in [4.69, 9.17) is 4.98 Å². The Bertz CT molecular complexity index is 923. The molecular weight excluding hydrogens is 340 g/mol. The summed E-state index contributed by atoms with van der Waals surface area (Å²) in [6.07, 6.45) is 6.19. The first-order chi connectivity index (χ1) is 13.1. The Morgan fingerprint density at radius 1 is 0.963 bits per heavy atom. The normalized spacial score (nSPS) is 16.6. The second-order valence-corrected chi connectivity index (χ2v) is 6.85. The summed E-state index contributed by atoms with van der Waals surface area (Å²) in [6, 6.07) is 3.86. The second-order valence-electron chi connectivity index (χ2n) is 6.85. The maximum Gasteiger partial charge on any atom is 0.228 e. The molecule has 1 atom stereocenters. The fraction of sp³-hybridized carbons (Fsp3) is 0.368. The third-order valence-electron chi connectivity index (χ3n) is 4.52. The van der Waals surface area contributed by atoms with Gasteiger partial charge in [-0.05, 0) is 33.3 Å². The molecule has 0 aromatic carbocycles. The quantitative estimate of drug-likeness (QED) is 0.757. The molecule has 0 aliphatic carbocycles. The number of aryl methyl sites for hydroxylation is 3. The molecule has 8 heteroatoms. The van der Waals surface area contributed by atoms with Gasteiger partial charge in [0, 0.05) is 54.5 Å². The lowest BCUT2D eigenvalue weighted by Gasteiger charge is -2.16. The molecule has 0 unspecified atom stereocenters. The van der Waals surface area contributed by atoms with Crippen LogP contribution < -0.4 is 10.2 Å². The smallest absolute Gasteiger partial charge is 0.228 e. The fourth-order valence-corrected chi connectivity index (χ4v) is 3.37. The highest BCUT2D eigenvalue weighted by Crippen LogP contribution is 2.28. The monoisotopic (exact) mass is 362 g/mol. The summed E-state index contributed by atoms with van der Waals surface area (Å²) >= 11 is 0. The van der Waals surface area contributed by atoms with Crippen molar-refractivity contribution in [1.82, 2.24) is 29.9 Å². The molecule has 1 saturated heterocycles. The molecule has 27 heavy (non-hydrogen) atoms. The molecule has 138 valence electrons. The summed E-state index contributed by atoms with van der Waals surface area (Å²) in [5.41, 5.74) is 2.77. The van der Waals surface area contributed by atoms with Crippen molar-refractivity contribution in [2.24, 2.45) is 0 Å². The number of hydrogen-bond acceptors (Lipinski definition) is 8. The van der Waals surface area contributed by atoms with Crippen molar-refractivity contribution in [3.05, 3.63) is 53.6 Å². The van der Waals surface area contributed by atoms with E-state index in [0.29, 0.717) is 5.95 Å². The van der Waals surface area contributed by atoms with Gasteiger partial charge in [-0.15, -0.1) is 0 Å². The molecule has 0 radical (unpaired) electrons. The van der Waals surface area contributed by atoms with E-state index < -0.39 is 0 Å². The highest BCUT2D eigenvalue weighted by Gasteiger charge is 2.27. The van der Waals surface area contributed by atoms with Crippen LogP contribution in [0.1, 0.15) is 35.2 Å². The van der Waals surface area contributed by atoms with E-state index in [1.54, 1.807) is 18.6 Å². The van der Waals surface area contributed by atoms with Gasteiger partial charge in [0.2, 0.25) is 5.95 Å². The molecule has 3 aromatic rings. The first-order valence-electron chi connectivity index (χ1n) is 9.03. The number of aromatic nitrogens is 6. The van der Waals surface area contributed by atoms with Crippen LogP contribution >= 0.6 is 0 Å². The zero-order valence-electron chi connectivity index (χ0n) is 15.7. The predicted molar refractivity (Wildman–Crippen MR) is 103 cm³/mol. The fourth-order valence-electron chi connectivity index (χ4n) is 3.37. The van der Waals surface area contributed by atoms with Gasteiger partial charge in [-0.3, -0.25) is 4.98 Å². The van der Waals surface area contributed by atoms with E-state index in [0.717, 1.165) is 54.1 Å². The van der Waals surface area contributed by atoms with Crippen LogP contribution in [-0.2, 0) is 0 Å². The molecule has 1 N–H and O–H groups in total. The van der Waals surface area contributed by atoms with Crippen LogP contribution in [0.5, 0.6) is 0 Å². The SMILES string of the molecule is Cc1cc(C)nc(Nc2cc(C)nc([C@@H]3CCN(c4cnccn4)C3)n2)n1. The van der Waals surface area contributed by atoms with Gasteiger partial charge in [-0.25, -0.2) is 24.9 Å². The van der Waals surface area contributed by atoms with E-state index in [2.05, 4.69) is 35.1 Å². The third-order valence-corrected chi connectivity index (χ3v) is 4.52. The van der Waals surface area contributed by atoms with Gasteiger partial charge in [-0.1, -0.05) is 0 Å². The Kier molecular flexibility index (Phi) is 4.62. The van der Waals surface area contributed by atoms with Gasteiger partial charge in [0.1, 0.15) is 17.5 Å². The molecule has 8 nitrogen and oxygen atoms in total. The number of nitrogens with one attached hydrogen (secondary N) is 1. The Labute approximate surface area is 158 Å². The Morgan fingerprint density at radius 3 is 2.48 bits per heavy atom. The minimum absolute atomic E-state index is 0.257. The Balaban J connectivity index is 1.54. The van der Waals surface area contributed by atoms with Crippen molar-refractivity contribution in [3.63, 3.8) is 0 Å². The predicted octanol–water partition coefficient (Wildman–Crippen LogP) is 2.72. The minimum Gasteiger partial charge on any atom is -0.355 e. The van der Waals surface area contributed by atoms with Crippen molar-refractivity contribution in [3.8, 4) is 0 Å². The van der Waals surface area contributed by atoms with E-state index in [-0.39, 0.29) is 5.92 Å². The number of hydrogen-bond donors (Lipinski definition) is 1. The summed E-state index contributed by atoms with van der Waals surface area (Å²) < 4.78 is 0. The Morgan fingerprint density at radius 2 is 1.74 bits per heavy atom. The number of nitrogens with zero attached hydrogens (tertiary/aromatic N) is 7. The van der Waals surface area contributed by atoms with Crippen molar-refractivity contribution < 1.29 is 0 Å². The van der Waals surface area contributed by atoms with Gasteiger partial charge in [0.15, 0.2) is 0 Å². The summed E-state index contributed by atoms with van der Waals surface area (Å²) in [7, 11) is 0. The first-order valence-corrected chi connectivity index (χ1v) is 9.03. The van der Waals surface area contributed by atoms with E-state index in [1.165, 1.54) is 0 Å². The molecular formula is C19H22N8. The highest BCUT2D eigenvalue weighted by atomic mass is 15.2. The summed E-state index contributed by atoms with van der Waals surface area (Å²) in [4.78, 5) is 29.0. The Hall–Kier alpha value is -3.16. The van der Waals surface area contributed by atoms with E-state index in [9.17, 15) is 0 Å². The lowest BCUT2D eigenvalue weighted by Crippen LogP contribution is -2.21. The van der Waals surface area contributed by atoms with Crippen molar-refractivity contribution in [2.45, 2.75) is 33.1 Å². The van der Waals surface area contributed by atoms with Crippen molar-refractivity contribution in [2.75, 3.05) is 23.3 Å². The van der Waals surface area contributed by atoms with E-state index in [1.807, 2.05) is 32.9 Å². The summed E-state index contributed by atoms with van der Waals surface area (Å²) in [5, 5.41) is 3.22. The molecule has 1 aliphatic heterocycles. The van der Waals surface area contributed by atoms with Crippen molar-refractivity contribution in [1.29, 1.82) is 0 Å². The average molecular weight is 362 g/mol. The zero-order chi connectivity index (χ0) is 18.8. The molecule has 1 fully saturated rings. The van der Waals surface area contributed by atoms with Crippen LogP contribution in [0.4, 0.5) is 17.6 Å². The highest BCUT2D eigenvalue weighted by molar-refractivity contribution is 5.49. The van der Waals surface area contributed by atoms with Gasteiger partial charge in [0.05, 0.1) is 6.20 Å². The zero-order valence-corrected chi connectivity index (χ0v) is 15.7. The lowest BCUT2D eigenvalue weighted by molar-refractivity contribution is 0.705. The number of rotatable bonds is 4. The summed E-state index contributed by atoms with van der Waals surface area (Å²) in [5.74, 6) is 3.28.